The van der Waals surface area contributed by atoms with Crippen LogP contribution < -0.4 is 9.64 Å². The van der Waals surface area contributed by atoms with Crippen molar-refractivity contribution in [2.45, 2.75) is 19.4 Å². The molecule has 37 heavy (non-hydrogen) atoms. The SMILES string of the molecule is Cc1ccc(N2CCN(C(=O)Cc3ccccc3Oc3ccccc3)CC2c2ccc(Cl)cc2)c(Cl)c1. The number of ether oxygens (including phenoxy) is 1. The van der Waals surface area contributed by atoms with E-state index in [2.05, 4.69) is 17.0 Å². The molecule has 1 fully saturated rings. The van der Waals surface area contributed by atoms with E-state index in [1.807, 2.05) is 96.8 Å². The Bertz CT molecular complexity index is 1380. The van der Waals surface area contributed by atoms with E-state index in [0.717, 1.165) is 28.1 Å². The van der Waals surface area contributed by atoms with Crippen molar-refractivity contribution < 1.29 is 9.53 Å². The molecule has 1 amide bonds. The third kappa shape index (κ3) is 5.93. The van der Waals surface area contributed by atoms with E-state index in [-0.39, 0.29) is 18.4 Å². The molecule has 1 aliphatic rings. The Kier molecular flexibility index (Phi) is 7.68. The number of carbonyl (C=O) groups excluding carboxylic acids is 1. The zero-order valence-electron chi connectivity index (χ0n) is 20.6. The summed E-state index contributed by atoms with van der Waals surface area (Å²) in [6.07, 6.45) is 0.266. The van der Waals surface area contributed by atoms with Crippen molar-refractivity contribution in [1.29, 1.82) is 0 Å². The van der Waals surface area contributed by atoms with E-state index >= 15 is 0 Å². The second-order valence-electron chi connectivity index (χ2n) is 9.25. The van der Waals surface area contributed by atoms with Gasteiger partial charge >= 0.3 is 0 Å². The van der Waals surface area contributed by atoms with Crippen molar-refractivity contribution in [3.05, 3.63) is 124 Å². The summed E-state index contributed by atoms with van der Waals surface area (Å²) in [4.78, 5) is 17.8. The number of carbonyl (C=O) groups is 1. The van der Waals surface area contributed by atoms with E-state index in [0.29, 0.717) is 35.4 Å². The smallest absolute Gasteiger partial charge is 0.227 e. The molecule has 0 aliphatic carbocycles. The number of amides is 1. The monoisotopic (exact) mass is 530 g/mol. The lowest BCUT2D eigenvalue weighted by atomic mass is 10.00. The van der Waals surface area contributed by atoms with Gasteiger partial charge in [0.05, 0.1) is 23.2 Å². The van der Waals surface area contributed by atoms with Gasteiger partial charge in [0.1, 0.15) is 11.5 Å². The Morgan fingerprint density at radius 1 is 0.892 bits per heavy atom. The minimum Gasteiger partial charge on any atom is -0.457 e. The minimum atomic E-state index is -0.0500. The summed E-state index contributed by atoms with van der Waals surface area (Å²) in [6.45, 7) is 3.85. The fourth-order valence-electron chi connectivity index (χ4n) is 4.75. The zero-order chi connectivity index (χ0) is 25.8. The number of aryl methyl sites for hydroxylation is 1. The van der Waals surface area contributed by atoms with Crippen molar-refractivity contribution in [2.24, 2.45) is 0 Å². The van der Waals surface area contributed by atoms with Gasteiger partial charge in [0, 0.05) is 30.2 Å². The quantitative estimate of drug-likeness (QED) is 0.255. The number of rotatable bonds is 6. The van der Waals surface area contributed by atoms with Crippen LogP contribution in [0.3, 0.4) is 0 Å². The summed E-state index contributed by atoms with van der Waals surface area (Å²) < 4.78 is 6.09. The van der Waals surface area contributed by atoms with Crippen molar-refractivity contribution in [3.8, 4) is 11.5 Å². The second kappa shape index (κ2) is 11.3. The first-order valence-electron chi connectivity index (χ1n) is 12.3. The number of halogens is 2. The third-order valence-corrected chi connectivity index (χ3v) is 7.24. The largest absolute Gasteiger partial charge is 0.457 e. The topological polar surface area (TPSA) is 32.8 Å². The molecule has 5 rings (SSSR count). The van der Waals surface area contributed by atoms with Gasteiger partial charge in [-0.15, -0.1) is 0 Å². The van der Waals surface area contributed by atoms with E-state index in [1.165, 1.54) is 0 Å². The van der Waals surface area contributed by atoms with E-state index in [1.54, 1.807) is 0 Å². The van der Waals surface area contributed by atoms with Gasteiger partial charge in [-0.2, -0.15) is 0 Å². The Morgan fingerprint density at radius 2 is 1.62 bits per heavy atom. The maximum Gasteiger partial charge on any atom is 0.227 e. The molecule has 1 aliphatic heterocycles. The lowest BCUT2D eigenvalue weighted by molar-refractivity contribution is -0.131. The lowest BCUT2D eigenvalue weighted by Crippen LogP contribution is -2.51. The van der Waals surface area contributed by atoms with Crippen LogP contribution in [0.5, 0.6) is 11.5 Å². The number of anilines is 1. The number of piperazine rings is 1. The lowest BCUT2D eigenvalue weighted by Gasteiger charge is -2.43. The molecule has 1 unspecified atom stereocenters. The highest BCUT2D eigenvalue weighted by Gasteiger charge is 2.32. The number of hydrogen-bond acceptors (Lipinski definition) is 3. The first-order valence-corrected chi connectivity index (χ1v) is 13.1. The fourth-order valence-corrected chi connectivity index (χ4v) is 5.22. The van der Waals surface area contributed by atoms with Gasteiger partial charge in [-0.3, -0.25) is 4.79 Å². The van der Waals surface area contributed by atoms with Crippen LogP contribution in [0.25, 0.3) is 0 Å². The maximum absolute atomic E-state index is 13.6. The highest BCUT2D eigenvalue weighted by atomic mass is 35.5. The fraction of sp³-hybridized carbons (Fsp3) is 0.194. The normalized spacial score (nSPS) is 15.5. The van der Waals surface area contributed by atoms with Crippen molar-refractivity contribution in [2.75, 3.05) is 24.5 Å². The first kappa shape index (κ1) is 25.2. The number of benzene rings is 4. The van der Waals surface area contributed by atoms with Gasteiger partial charge in [-0.25, -0.2) is 0 Å². The molecule has 0 aromatic heterocycles. The molecular formula is C31H28Cl2N2O2. The summed E-state index contributed by atoms with van der Waals surface area (Å²) in [7, 11) is 0. The van der Waals surface area contributed by atoms with Gasteiger partial charge in [0.25, 0.3) is 0 Å². The van der Waals surface area contributed by atoms with Crippen molar-refractivity contribution >= 4 is 34.8 Å². The van der Waals surface area contributed by atoms with Crippen LogP contribution >= 0.6 is 23.2 Å². The summed E-state index contributed by atoms with van der Waals surface area (Å²) in [5, 5.41) is 1.40. The van der Waals surface area contributed by atoms with Gasteiger partial charge in [-0.1, -0.05) is 77.8 Å². The van der Waals surface area contributed by atoms with Crippen LogP contribution in [0, 0.1) is 6.92 Å². The van der Waals surface area contributed by atoms with Crippen LogP contribution in [-0.2, 0) is 11.2 Å². The maximum atomic E-state index is 13.6. The van der Waals surface area contributed by atoms with E-state index < -0.39 is 0 Å². The van der Waals surface area contributed by atoms with Gasteiger partial charge in [0.2, 0.25) is 5.91 Å². The molecule has 1 atom stereocenters. The molecule has 4 nitrogen and oxygen atoms in total. The molecule has 0 N–H and O–H groups in total. The molecule has 0 bridgehead atoms. The minimum absolute atomic E-state index is 0.0500. The predicted octanol–water partition coefficient (Wildman–Crippen LogP) is 7.73. The molecular weight excluding hydrogens is 503 g/mol. The van der Waals surface area contributed by atoms with Crippen molar-refractivity contribution in [1.82, 2.24) is 4.90 Å². The summed E-state index contributed by atoms with van der Waals surface area (Å²) >= 11 is 12.9. The van der Waals surface area contributed by atoms with Crippen molar-refractivity contribution in [3.63, 3.8) is 0 Å². The van der Waals surface area contributed by atoms with Gasteiger partial charge in [0.15, 0.2) is 0 Å². The number of hydrogen-bond donors (Lipinski definition) is 0. The molecule has 6 heteroatoms. The average Bonchev–Trinajstić information content (AvgIpc) is 2.91. The molecule has 0 saturated carbocycles. The third-order valence-electron chi connectivity index (χ3n) is 6.69. The van der Waals surface area contributed by atoms with Crippen LogP contribution in [0.1, 0.15) is 22.7 Å². The summed E-state index contributed by atoms with van der Waals surface area (Å²) in [5.41, 5.74) is 4.04. The molecule has 1 heterocycles. The van der Waals surface area contributed by atoms with E-state index in [9.17, 15) is 4.79 Å². The Balaban J connectivity index is 1.38. The van der Waals surface area contributed by atoms with Crippen LogP contribution in [0.4, 0.5) is 5.69 Å². The second-order valence-corrected chi connectivity index (χ2v) is 10.1. The van der Waals surface area contributed by atoms with Crippen LogP contribution in [-0.4, -0.2) is 30.4 Å². The zero-order valence-corrected chi connectivity index (χ0v) is 22.1. The van der Waals surface area contributed by atoms with Gasteiger partial charge in [-0.05, 0) is 60.5 Å². The van der Waals surface area contributed by atoms with E-state index in [4.69, 9.17) is 27.9 Å². The molecule has 0 spiro atoms. The molecule has 4 aromatic carbocycles. The molecule has 4 aromatic rings. The molecule has 1 saturated heterocycles. The molecule has 0 radical (unpaired) electrons. The number of nitrogens with zero attached hydrogens (tertiary/aromatic N) is 2. The molecule has 188 valence electrons. The number of para-hydroxylation sites is 2. The standard InChI is InChI=1S/C31H28Cl2N2O2/c1-22-11-16-28(27(33)19-22)35-18-17-34(21-29(35)23-12-14-25(32)15-13-23)31(36)20-24-7-5-6-10-30(24)37-26-8-3-2-4-9-26/h2-16,19,29H,17-18,20-21H2,1H3. The highest BCUT2D eigenvalue weighted by molar-refractivity contribution is 6.33. The summed E-state index contributed by atoms with van der Waals surface area (Å²) in [5.74, 6) is 1.51. The summed E-state index contributed by atoms with van der Waals surface area (Å²) in [6, 6.07) is 31.3. The Labute approximate surface area is 228 Å². The van der Waals surface area contributed by atoms with Crippen LogP contribution in [0.2, 0.25) is 10.0 Å². The highest BCUT2D eigenvalue weighted by Crippen LogP contribution is 2.36. The Hall–Kier alpha value is -3.47. The average molecular weight is 531 g/mol. The first-order chi connectivity index (χ1) is 18.0. The Morgan fingerprint density at radius 3 is 2.38 bits per heavy atom. The van der Waals surface area contributed by atoms with Crippen LogP contribution in [0.15, 0.2) is 97.1 Å². The predicted molar refractivity (Wildman–Crippen MR) is 151 cm³/mol. The van der Waals surface area contributed by atoms with Gasteiger partial charge < -0.3 is 14.5 Å².